The summed E-state index contributed by atoms with van der Waals surface area (Å²) in [6.07, 6.45) is 0. The maximum Gasteiger partial charge on any atom is 0.270 e. The molecular weight excluding hydrogens is 332 g/mol. The van der Waals surface area contributed by atoms with Gasteiger partial charge in [-0.1, -0.05) is 48.5 Å². The first-order chi connectivity index (χ1) is 12.2. The minimum absolute atomic E-state index is 0.268. The zero-order valence-corrected chi connectivity index (χ0v) is 14.6. The van der Waals surface area contributed by atoms with E-state index in [1.54, 1.807) is 6.07 Å². The van der Waals surface area contributed by atoms with Gasteiger partial charge in [-0.25, -0.2) is 4.98 Å². The molecule has 5 nitrogen and oxygen atoms in total. The molecule has 126 valence electrons. The number of hydrogen-bond donors (Lipinski definition) is 3. The minimum atomic E-state index is -0.268. The Morgan fingerprint density at radius 1 is 1.04 bits per heavy atom. The minimum Gasteiger partial charge on any atom is -0.362 e. The van der Waals surface area contributed by atoms with E-state index in [0.29, 0.717) is 17.2 Å². The van der Waals surface area contributed by atoms with Gasteiger partial charge in [0.15, 0.2) is 5.11 Å². The van der Waals surface area contributed by atoms with Crippen LogP contribution in [0.3, 0.4) is 0 Å². The van der Waals surface area contributed by atoms with Crippen molar-refractivity contribution in [3.8, 4) is 11.3 Å². The number of carbonyl (C=O) groups is 1. The van der Waals surface area contributed by atoms with Gasteiger partial charge in [-0.15, -0.1) is 0 Å². The number of carbonyl (C=O) groups excluding carboxylic acids is 1. The SMILES string of the molecule is CCNC(=S)NNC(=O)c1cc(-c2ccccc2)nc2ccccc12. The number of benzene rings is 2. The molecule has 0 aliphatic heterocycles. The van der Waals surface area contributed by atoms with Crippen LogP contribution in [-0.2, 0) is 0 Å². The third-order valence-electron chi connectivity index (χ3n) is 3.66. The highest BCUT2D eigenvalue weighted by Gasteiger charge is 2.14. The Hall–Kier alpha value is -2.99. The van der Waals surface area contributed by atoms with Crippen LogP contribution in [0.5, 0.6) is 0 Å². The molecule has 0 bridgehead atoms. The van der Waals surface area contributed by atoms with Crippen LogP contribution in [0.4, 0.5) is 0 Å². The van der Waals surface area contributed by atoms with Crippen LogP contribution in [0, 0.1) is 0 Å². The number of nitrogens with one attached hydrogen (secondary N) is 3. The van der Waals surface area contributed by atoms with Gasteiger partial charge in [0, 0.05) is 17.5 Å². The number of amides is 1. The number of pyridine rings is 1. The number of rotatable bonds is 3. The lowest BCUT2D eigenvalue weighted by atomic mass is 10.0. The van der Waals surface area contributed by atoms with Crippen molar-refractivity contribution in [2.75, 3.05) is 6.54 Å². The second kappa shape index (κ2) is 7.72. The van der Waals surface area contributed by atoms with E-state index in [1.807, 2.05) is 61.5 Å². The Labute approximate surface area is 151 Å². The van der Waals surface area contributed by atoms with Crippen LogP contribution in [0.2, 0.25) is 0 Å². The molecule has 0 radical (unpaired) electrons. The number of hydrogen-bond acceptors (Lipinski definition) is 3. The van der Waals surface area contributed by atoms with Crippen LogP contribution in [0.25, 0.3) is 22.2 Å². The normalized spacial score (nSPS) is 10.3. The van der Waals surface area contributed by atoms with Gasteiger partial charge in [0.05, 0.1) is 16.8 Å². The van der Waals surface area contributed by atoms with E-state index in [-0.39, 0.29) is 5.91 Å². The fourth-order valence-electron chi connectivity index (χ4n) is 2.51. The lowest BCUT2D eigenvalue weighted by Gasteiger charge is -2.12. The largest absolute Gasteiger partial charge is 0.362 e. The molecule has 0 saturated heterocycles. The van der Waals surface area contributed by atoms with E-state index in [1.165, 1.54) is 0 Å². The number of nitrogens with zero attached hydrogens (tertiary/aromatic N) is 1. The maximum atomic E-state index is 12.7. The van der Waals surface area contributed by atoms with Crippen LogP contribution in [-0.4, -0.2) is 22.5 Å². The summed E-state index contributed by atoms with van der Waals surface area (Å²) in [5.41, 5.74) is 8.35. The Balaban J connectivity index is 1.98. The van der Waals surface area contributed by atoms with E-state index in [9.17, 15) is 4.79 Å². The van der Waals surface area contributed by atoms with Crippen molar-refractivity contribution in [2.45, 2.75) is 6.92 Å². The van der Waals surface area contributed by atoms with E-state index in [2.05, 4.69) is 21.2 Å². The molecule has 0 aliphatic rings. The quantitative estimate of drug-likeness (QED) is 0.500. The average molecular weight is 350 g/mol. The molecular formula is C19H18N4OS. The maximum absolute atomic E-state index is 12.7. The summed E-state index contributed by atoms with van der Waals surface area (Å²) >= 11 is 5.07. The molecule has 0 aliphatic carbocycles. The Kier molecular flexibility index (Phi) is 5.20. The smallest absolute Gasteiger partial charge is 0.270 e. The molecule has 0 spiro atoms. The first kappa shape index (κ1) is 16.9. The van der Waals surface area contributed by atoms with Gasteiger partial charge in [-0.05, 0) is 31.3 Å². The summed E-state index contributed by atoms with van der Waals surface area (Å²) in [5.74, 6) is -0.268. The van der Waals surface area contributed by atoms with Crippen molar-refractivity contribution in [3.05, 3.63) is 66.2 Å². The first-order valence-corrected chi connectivity index (χ1v) is 8.39. The van der Waals surface area contributed by atoms with Crippen LogP contribution >= 0.6 is 12.2 Å². The van der Waals surface area contributed by atoms with Gasteiger partial charge in [-0.3, -0.25) is 15.6 Å². The molecule has 2 aromatic carbocycles. The molecule has 1 amide bonds. The highest BCUT2D eigenvalue weighted by Crippen LogP contribution is 2.24. The Bertz CT molecular complexity index is 912. The van der Waals surface area contributed by atoms with Gasteiger partial charge in [0.1, 0.15) is 0 Å². The van der Waals surface area contributed by atoms with Crippen molar-refractivity contribution < 1.29 is 4.79 Å². The lowest BCUT2D eigenvalue weighted by molar-refractivity contribution is 0.0945. The first-order valence-electron chi connectivity index (χ1n) is 7.98. The second-order valence-corrected chi connectivity index (χ2v) is 5.79. The summed E-state index contributed by atoms with van der Waals surface area (Å²) < 4.78 is 0. The van der Waals surface area contributed by atoms with Gasteiger partial charge < -0.3 is 5.32 Å². The molecule has 0 saturated carbocycles. The number of hydrazine groups is 1. The topological polar surface area (TPSA) is 66.0 Å². The molecule has 3 N–H and O–H groups in total. The molecule has 3 rings (SSSR count). The predicted octanol–water partition coefficient (Wildman–Crippen LogP) is 3.03. The van der Waals surface area contributed by atoms with Gasteiger partial charge in [-0.2, -0.15) is 0 Å². The molecule has 1 heterocycles. The fraction of sp³-hybridized carbons (Fsp3) is 0.105. The van der Waals surface area contributed by atoms with E-state index in [0.717, 1.165) is 22.2 Å². The van der Waals surface area contributed by atoms with E-state index >= 15 is 0 Å². The molecule has 0 fully saturated rings. The molecule has 25 heavy (non-hydrogen) atoms. The van der Waals surface area contributed by atoms with Crippen molar-refractivity contribution in [3.63, 3.8) is 0 Å². The number of fused-ring (bicyclic) bond motifs is 1. The van der Waals surface area contributed by atoms with Crippen molar-refractivity contribution in [1.29, 1.82) is 0 Å². The third kappa shape index (κ3) is 3.92. The zero-order chi connectivity index (χ0) is 17.6. The van der Waals surface area contributed by atoms with Gasteiger partial charge in [0.25, 0.3) is 5.91 Å². The summed E-state index contributed by atoms with van der Waals surface area (Å²) in [7, 11) is 0. The summed E-state index contributed by atoms with van der Waals surface area (Å²) in [4.78, 5) is 17.3. The van der Waals surface area contributed by atoms with Crippen LogP contribution < -0.4 is 16.2 Å². The number of thiocarbonyl (C=S) groups is 1. The second-order valence-electron chi connectivity index (χ2n) is 5.38. The monoisotopic (exact) mass is 350 g/mol. The van der Waals surface area contributed by atoms with E-state index in [4.69, 9.17) is 12.2 Å². The highest BCUT2D eigenvalue weighted by molar-refractivity contribution is 7.80. The zero-order valence-electron chi connectivity index (χ0n) is 13.7. The lowest BCUT2D eigenvalue weighted by Crippen LogP contribution is -2.46. The fourth-order valence-corrected chi connectivity index (χ4v) is 2.70. The van der Waals surface area contributed by atoms with Gasteiger partial charge >= 0.3 is 0 Å². The van der Waals surface area contributed by atoms with Crippen LogP contribution in [0.1, 0.15) is 17.3 Å². The predicted molar refractivity (Wildman–Crippen MR) is 104 cm³/mol. The Morgan fingerprint density at radius 2 is 1.76 bits per heavy atom. The molecule has 6 heteroatoms. The van der Waals surface area contributed by atoms with Crippen LogP contribution in [0.15, 0.2) is 60.7 Å². The molecule has 0 unspecified atom stereocenters. The van der Waals surface area contributed by atoms with Crippen molar-refractivity contribution >= 4 is 34.1 Å². The van der Waals surface area contributed by atoms with Crippen molar-refractivity contribution in [2.24, 2.45) is 0 Å². The summed E-state index contributed by atoms with van der Waals surface area (Å²) in [6.45, 7) is 2.61. The van der Waals surface area contributed by atoms with Gasteiger partial charge in [0.2, 0.25) is 0 Å². The average Bonchev–Trinajstić information content (AvgIpc) is 2.66. The van der Waals surface area contributed by atoms with Crippen molar-refractivity contribution in [1.82, 2.24) is 21.2 Å². The third-order valence-corrected chi connectivity index (χ3v) is 3.90. The summed E-state index contributed by atoms with van der Waals surface area (Å²) in [6, 6.07) is 19.2. The number of aromatic nitrogens is 1. The van der Waals surface area contributed by atoms with E-state index < -0.39 is 0 Å². The molecule has 1 aromatic heterocycles. The standard InChI is InChI=1S/C19H18N4OS/c1-2-20-19(25)23-22-18(24)15-12-17(13-8-4-3-5-9-13)21-16-11-7-6-10-14(15)16/h3-12H,2H2,1H3,(H,22,24)(H2,20,23,25). The number of para-hydroxylation sites is 1. The summed E-state index contributed by atoms with van der Waals surface area (Å²) in [5, 5.41) is 4.08. The molecule has 3 aromatic rings. The highest BCUT2D eigenvalue weighted by atomic mass is 32.1. The Morgan fingerprint density at radius 3 is 2.52 bits per heavy atom. The molecule has 0 atom stereocenters.